The van der Waals surface area contributed by atoms with E-state index in [9.17, 15) is 0 Å². The molecule has 0 aliphatic carbocycles. The van der Waals surface area contributed by atoms with E-state index in [0.717, 1.165) is 39.2 Å². The normalized spacial score (nSPS) is 11.4. The average molecular weight is 334 g/mol. The third-order valence-electron chi connectivity index (χ3n) is 3.49. The Hall–Kier alpha value is -1.82. The van der Waals surface area contributed by atoms with Crippen molar-refractivity contribution in [1.82, 2.24) is 19.2 Å². The van der Waals surface area contributed by atoms with Gasteiger partial charge in [0.2, 0.25) is 0 Å². The summed E-state index contributed by atoms with van der Waals surface area (Å²) < 4.78 is 4.79. The first-order valence-electron chi connectivity index (χ1n) is 6.48. The number of aromatic nitrogens is 4. The fraction of sp³-hybridized carbons (Fsp3) is 0.286. The van der Waals surface area contributed by atoms with Crippen LogP contribution in [0.2, 0.25) is 0 Å². The van der Waals surface area contributed by atoms with Crippen LogP contribution in [0.5, 0.6) is 0 Å². The molecule has 3 rings (SSSR count). The molecule has 20 heavy (non-hydrogen) atoms. The van der Waals surface area contributed by atoms with Gasteiger partial charge in [0.15, 0.2) is 0 Å². The predicted octanol–water partition coefficient (Wildman–Crippen LogP) is 2.95. The van der Waals surface area contributed by atoms with Gasteiger partial charge in [0, 0.05) is 29.0 Å². The van der Waals surface area contributed by atoms with Gasteiger partial charge >= 0.3 is 0 Å². The monoisotopic (exact) mass is 333 g/mol. The molecule has 0 fully saturated rings. The van der Waals surface area contributed by atoms with Crippen LogP contribution in [0.25, 0.3) is 16.9 Å². The number of nitrogen functional groups attached to an aromatic ring is 1. The van der Waals surface area contributed by atoms with Crippen LogP contribution in [0.3, 0.4) is 0 Å². The van der Waals surface area contributed by atoms with Crippen molar-refractivity contribution in [3.8, 4) is 11.3 Å². The molecule has 0 aromatic carbocycles. The third kappa shape index (κ3) is 1.83. The summed E-state index contributed by atoms with van der Waals surface area (Å²) in [5.41, 5.74) is 11.0. The Morgan fingerprint density at radius 3 is 2.80 bits per heavy atom. The van der Waals surface area contributed by atoms with Crippen LogP contribution in [0.15, 0.2) is 22.8 Å². The summed E-state index contributed by atoms with van der Waals surface area (Å²) in [4.78, 5) is 4.67. The zero-order valence-electron chi connectivity index (χ0n) is 11.7. The molecule has 0 spiro atoms. The van der Waals surface area contributed by atoms with Crippen LogP contribution in [0.4, 0.5) is 5.82 Å². The highest BCUT2D eigenvalue weighted by atomic mass is 79.9. The van der Waals surface area contributed by atoms with Crippen molar-refractivity contribution in [1.29, 1.82) is 0 Å². The number of anilines is 1. The van der Waals surface area contributed by atoms with E-state index in [1.165, 1.54) is 0 Å². The molecule has 2 N–H and O–H groups in total. The molecular formula is C14H16BrN5. The molecule has 5 nitrogen and oxygen atoms in total. The largest absolute Gasteiger partial charge is 0.383 e. The number of imidazole rings is 1. The first-order valence-corrected chi connectivity index (χ1v) is 7.28. The number of hydrogen-bond acceptors (Lipinski definition) is 3. The first kappa shape index (κ1) is 13.2. The summed E-state index contributed by atoms with van der Waals surface area (Å²) in [5.74, 6) is 0.654. The summed E-state index contributed by atoms with van der Waals surface area (Å²) in [7, 11) is 1.91. The minimum atomic E-state index is 0.654. The highest BCUT2D eigenvalue weighted by molar-refractivity contribution is 9.10. The molecule has 3 aromatic heterocycles. The number of hydrogen-bond donors (Lipinski definition) is 1. The molecule has 0 amide bonds. The predicted molar refractivity (Wildman–Crippen MR) is 83.6 cm³/mol. The molecule has 0 saturated carbocycles. The van der Waals surface area contributed by atoms with Crippen LogP contribution >= 0.6 is 15.9 Å². The van der Waals surface area contributed by atoms with E-state index in [4.69, 9.17) is 5.73 Å². The SMILES string of the molecule is CCc1nn(C)cc1-c1nc2ccc(Br)c(C)n2c1N. The van der Waals surface area contributed by atoms with Gasteiger partial charge in [-0.05, 0) is 41.4 Å². The van der Waals surface area contributed by atoms with E-state index >= 15 is 0 Å². The molecule has 3 aromatic rings. The smallest absolute Gasteiger partial charge is 0.139 e. The van der Waals surface area contributed by atoms with Crippen LogP contribution < -0.4 is 5.73 Å². The molecule has 0 atom stereocenters. The van der Waals surface area contributed by atoms with Gasteiger partial charge in [-0.2, -0.15) is 5.10 Å². The number of pyridine rings is 1. The summed E-state index contributed by atoms with van der Waals surface area (Å²) >= 11 is 3.53. The lowest BCUT2D eigenvalue weighted by Gasteiger charge is -2.04. The fourth-order valence-electron chi connectivity index (χ4n) is 2.48. The van der Waals surface area contributed by atoms with Gasteiger partial charge < -0.3 is 5.73 Å². The van der Waals surface area contributed by atoms with Crippen LogP contribution in [0.1, 0.15) is 18.3 Å². The summed E-state index contributed by atoms with van der Waals surface area (Å²) in [6, 6.07) is 3.95. The molecular weight excluding hydrogens is 318 g/mol. The molecule has 0 unspecified atom stereocenters. The van der Waals surface area contributed by atoms with Gasteiger partial charge in [0.25, 0.3) is 0 Å². The lowest BCUT2D eigenvalue weighted by atomic mass is 10.1. The van der Waals surface area contributed by atoms with Gasteiger partial charge in [0.05, 0.1) is 5.69 Å². The van der Waals surface area contributed by atoms with Crippen molar-refractivity contribution < 1.29 is 0 Å². The number of aryl methyl sites for hydroxylation is 3. The topological polar surface area (TPSA) is 61.1 Å². The second kappa shape index (κ2) is 4.63. The minimum absolute atomic E-state index is 0.654. The van der Waals surface area contributed by atoms with E-state index in [0.29, 0.717) is 5.82 Å². The maximum atomic E-state index is 6.32. The summed E-state index contributed by atoms with van der Waals surface area (Å²) in [6.07, 6.45) is 2.83. The first-order chi connectivity index (χ1) is 9.52. The van der Waals surface area contributed by atoms with Gasteiger partial charge in [-0.15, -0.1) is 0 Å². The van der Waals surface area contributed by atoms with Crippen molar-refractivity contribution in [2.75, 3.05) is 5.73 Å². The van der Waals surface area contributed by atoms with E-state index in [1.54, 1.807) is 4.68 Å². The number of fused-ring (bicyclic) bond motifs is 1. The van der Waals surface area contributed by atoms with Crippen molar-refractivity contribution >= 4 is 27.4 Å². The molecule has 0 aliphatic heterocycles. The van der Waals surface area contributed by atoms with Crippen LogP contribution in [-0.2, 0) is 13.5 Å². The zero-order chi connectivity index (χ0) is 14.4. The molecule has 3 heterocycles. The van der Waals surface area contributed by atoms with Gasteiger partial charge in [-0.25, -0.2) is 4.98 Å². The number of nitrogens with two attached hydrogens (primary N) is 1. The number of nitrogens with zero attached hydrogens (tertiary/aromatic N) is 4. The fourth-order valence-corrected chi connectivity index (χ4v) is 2.79. The van der Waals surface area contributed by atoms with E-state index in [2.05, 4.69) is 32.9 Å². The second-order valence-electron chi connectivity index (χ2n) is 4.82. The lowest BCUT2D eigenvalue weighted by molar-refractivity contribution is 0.746. The third-order valence-corrected chi connectivity index (χ3v) is 4.33. The van der Waals surface area contributed by atoms with Gasteiger partial charge in [-0.3, -0.25) is 9.08 Å². The van der Waals surface area contributed by atoms with Gasteiger partial charge in [-0.1, -0.05) is 6.92 Å². The Morgan fingerprint density at radius 2 is 2.10 bits per heavy atom. The lowest BCUT2D eigenvalue weighted by Crippen LogP contribution is -1.98. The summed E-state index contributed by atoms with van der Waals surface area (Å²) in [5, 5.41) is 4.46. The number of rotatable bonds is 2. The average Bonchev–Trinajstić information content (AvgIpc) is 2.95. The van der Waals surface area contributed by atoms with E-state index in [-0.39, 0.29) is 0 Å². The van der Waals surface area contributed by atoms with E-state index in [1.807, 2.05) is 36.7 Å². The Balaban J connectivity index is 2.32. The van der Waals surface area contributed by atoms with Crippen LogP contribution in [-0.4, -0.2) is 19.2 Å². The van der Waals surface area contributed by atoms with E-state index < -0.39 is 0 Å². The summed E-state index contributed by atoms with van der Waals surface area (Å²) in [6.45, 7) is 4.10. The highest BCUT2D eigenvalue weighted by Gasteiger charge is 2.18. The zero-order valence-corrected chi connectivity index (χ0v) is 13.3. The van der Waals surface area contributed by atoms with Crippen molar-refractivity contribution in [3.63, 3.8) is 0 Å². The molecule has 0 bridgehead atoms. The maximum absolute atomic E-state index is 6.32. The second-order valence-corrected chi connectivity index (χ2v) is 5.68. The van der Waals surface area contributed by atoms with Crippen molar-refractivity contribution in [3.05, 3.63) is 34.2 Å². The Morgan fingerprint density at radius 1 is 1.35 bits per heavy atom. The number of halogens is 1. The molecule has 0 radical (unpaired) electrons. The van der Waals surface area contributed by atoms with Gasteiger partial charge in [0.1, 0.15) is 17.2 Å². The highest BCUT2D eigenvalue weighted by Crippen LogP contribution is 2.31. The van der Waals surface area contributed by atoms with Crippen molar-refractivity contribution in [2.45, 2.75) is 20.3 Å². The van der Waals surface area contributed by atoms with Crippen LogP contribution in [0, 0.1) is 6.92 Å². The molecule has 0 saturated heterocycles. The molecule has 104 valence electrons. The maximum Gasteiger partial charge on any atom is 0.139 e. The molecule has 0 aliphatic rings. The van der Waals surface area contributed by atoms with Crippen molar-refractivity contribution in [2.24, 2.45) is 7.05 Å². The molecule has 6 heteroatoms. The Labute approximate surface area is 125 Å². The standard InChI is InChI=1S/C14H16BrN5/c1-4-11-9(7-19(3)18-11)13-14(16)20-8(2)10(15)5-6-12(20)17-13/h5-7H,4,16H2,1-3H3. The minimum Gasteiger partial charge on any atom is -0.383 e. The quantitative estimate of drug-likeness (QED) is 0.784. The Bertz CT molecular complexity index is 800. The Kier molecular flexibility index (Phi) is 3.05.